The van der Waals surface area contributed by atoms with E-state index in [2.05, 4.69) is 208 Å². The molecule has 10 rings (SSSR count). The Balaban J connectivity index is 1.22. The van der Waals surface area contributed by atoms with Crippen molar-refractivity contribution in [1.82, 2.24) is 0 Å². The molecule has 0 bridgehead atoms. The summed E-state index contributed by atoms with van der Waals surface area (Å²) < 4.78 is 0. The first-order chi connectivity index (χ1) is 25.9. The summed E-state index contributed by atoms with van der Waals surface area (Å²) in [6, 6.07) is 67.6. The van der Waals surface area contributed by atoms with Crippen LogP contribution in [0.4, 0.5) is 17.1 Å². The molecule has 0 atom stereocenters. The molecular formula is C52H39N. The molecular weight excluding hydrogens is 639 g/mol. The molecule has 9 aromatic carbocycles. The standard InChI is InChI=1S/C52H39N/c1-34-16-18-36(19-17-34)37-22-25-43(26-23-37)53(44-27-28-48-47(33-44)46-31-40-13-6-7-14-41(40)32-49(46)52(48,2)3)50-29-24-38-11-8-9-15-45(38)51(50)42-21-20-35-10-4-5-12-39(35)30-42/h4-33H,1-3H3. The van der Waals surface area contributed by atoms with Crippen LogP contribution in [0.3, 0.4) is 0 Å². The molecule has 252 valence electrons. The van der Waals surface area contributed by atoms with Gasteiger partial charge in [-0.25, -0.2) is 0 Å². The number of hydrogen-bond donors (Lipinski definition) is 0. The Bertz CT molecular complexity index is 2860. The van der Waals surface area contributed by atoms with E-state index in [1.807, 2.05) is 0 Å². The Morgan fingerprint density at radius 3 is 1.68 bits per heavy atom. The molecule has 1 heteroatoms. The van der Waals surface area contributed by atoms with Crippen LogP contribution in [-0.2, 0) is 5.41 Å². The van der Waals surface area contributed by atoms with Gasteiger partial charge >= 0.3 is 0 Å². The Labute approximate surface area is 311 Å². The Kier molecular flexibility index (Phi) is 7.13. The SMILES string of the molecule is Cc1ccc(-c2ccc(N(c3ccc4c(c3)-c3cc5ccccc5cc3C4(C)C)c3ccc4ccccc4c3-c3ccc4ccccc4c3)cc2)cc1. The van der Waals surface area contributed by atoms with E-state index in [0.717, 1.165) is 17.1 Å². The highest BCUT2D eigenvalue weighted by Crippen LogP contribution is 2.53. The maximum Gasteiger partial charge on any atom is 0.0546 e. The number of fused-ring (bicyclic) bond motifs is 6. The minimum atomic E-state index is -0.104. The van der Waals surface area contributed by atoms with E-state index in [4.69, 9.17) is 0 Å². The van der Waals surface area contributed by atoms with Crippen LogP contribution in [0.2, 0.25) is 0 Å². The molecule has 1 aliphatic carbocycles. The first-order valence-corrected chi connectivity index (χ1v) is 18.6. The fraction of sp³-hybridized carbons (Fsp3) is 0.0769. The molecule has 0 saturated carbocycles. The molecule has 0 amide bonds. The van der Waals surface area contributed by atoms with Gasteiger partial charge in [-0.05, 0) is 127 Å². The fourth-order valence-corrected chi connectivity index (χ4v) is 8.64. The summed E-state index contributed by atoms with van der Waals surface area (Å²) in [5.41, 5.74) is 14.8. The monoisotopic (exact) mass is 677 g/mol. The summed E-state index contributed by atoms with van der Waals surface area (Å²) in [4.78, 5) is 2.47. The molecule has 0 heterocycles. The largest absolute Gasteiger partial charge is 0.310 e. The third-order valence-electron chi connectivity index (χ3n) is 11.5. The Morgan fingerprint density at radius 1 is 0.396 bits per heavy atom. The van der Waals surface area contributed by atoms with E-state index < -0.39 is 0 Å². The van der Waals surface area contributed by atoms with Gasteiger partial charge in [0.05, 0.1) is 5.69 Å². The van der Waals surface area contributed by atoms with Gasteiger partial charge in [-0.1, -0.05) is 153 Å². The Hall–Kier alpha value is -6.44. The number of hydrogen-bond acceptors (Lipinski definition) is 1. The molecule has 0 saturated heterocycles. The lowest BCUT2D eigenvalue weighted by molar-refractivity contribution is 0.661. The molecule has 9 aromatic rings. The van der Waals surface area contributed by atoms with Crippen LogP contribution in [0.15, 0.2) is 182 Å². The van der Waals surface area contributed by atoms with Crippen LogP contribution in [-0.4, -0.2) is 0 Å². The van der Waals surface area contributed by atoms with Gasteiger partial charge in [-0.15, -0.1) is 0 Å². The molecule has 0 aromatic heterocycles. The predicted octanol–water partition coefficient (Wildman–Crippen LogP) is 14.6. The van der Waals surface area contributed by atoms with E-state index in [1.165, 1.54) is 82.4 Å². The molecule has 53 heavy (non-hydrogen) atoms. The van der Waals surface area contributed by atoms with Gasteiger partial charge in [0, 0.05) is 22.4 Å². The summed E-state index contributed by atoms with van der Waals surface area (Å²) in [6.07, 6.45) is 0. The Morgan fingerprint density at radius 2 is 0.943 bits per heavy atom. The quantitative estimate of drug-likeness (QED) is 0.175. The second-order valence-electron chi connectivity index (χ2n) is 15.1. The van der Waals surface area contributed by atoms with Crippen molar-refractivity contribution in [3.05, 3.63) is 199 Å². The highest BCUT2D eigenvalue weighted by molar-refractivity contribution is 6.07. The highest BCUT2D eigenvalue weighted by atomic mass is 15.1. The zero-order valence-electron chi connectivity index (χ0n) is 30.3. The van der Waals surface area contributed by atoms with Crippen molar-refractivity contribution in [1.29, 1.82) is 0 Å². The van der Waals surface area contributed by atoms with Gasteiger partial charge in [0.2, 0.25) is 0 Å². The van der Waals surface area contributed by atoms with Gasteiger partial charge in [0.1, 0.15) is 0 Å². The maximum absolute atomic E-state index is 2.47. The zero-order valence-corrected chi connectivity index (χ0v) is 30.3. The van der Waals surface area contributed by atoms with Crippen molar-refractivity contribution in [2.75, 3.05) is 4.90 Å². The number of anilines is 3. The number of rotatable bonds is 5. The van der Waals surface area contributed by atoms with Crippen LogP contribution in [0.25, 0.3) is 65.7 Å². The van der Waals surface area contributed by atoms with E-state index in [-0.39, 0.29) is 5.41 Å². The summed E-state index contributed by atoms with van der Waals surface area (Å²) >= 11 is 0. The van der Waals surface area contributed by atoms with Crippen molar-refractivity contribution in [2.24, 2.45) is 0 Å². The zero-order chi connectivity index (χ0) is 35.7. The minimum Gasteiger partial charge on any atom is -0.310 e. The van der Waals surface area contributed by atoms with Crippen LogP contribution < -0.4 is 4.90 Å². The first kappa shape index (κ1) is 31.3. The van der Waals surface area contributed by atoms with Crippen LogP contribution in [0.1, 0.15) is 30.5 Å². The highest BCUT2D eigenvalue weighted by Gasteiger charge is 2.36. The van der Waals surface area contributed by atoms with Gasteiger partial charge in [0.25, 0.3) is 0 Å². The maximum atomic E-state index is 2.47. The minimum absolute atomic E-state index is 0.104. The molecule has 0 aliphatic heterocycles. The van der Waals surface area contributed by atoms with E-state index >= 15 is 0 Å². The molecule has 0 radical (unpaired) electrons. The lowest BCUT2D eigenvalue weighted by Crippen LogP contribution is -2.15. The van der Waals surface area contributed by atoms with Crippen molar-refractivity contribution in [2.45, 2.75) is 26.2 Å². The van der Waals surface area contributed by atoms with E-state index in [1.54, 1.807) is 0 Å². The van der Waals surface area contributed by atoms with E-state index in [0.29, 0.717) is 0 Å². The third kappa shape index (κ3) is 5.15. The topological polar surface area (TPSA) is 3.24 Å². The number of nitrogens with zero attached hydrogens (tertiary/aromatic N) is 1. The third-order valence-corrected chi connectivity index (χ3v) is 11.5. The summed E-state index contributed by atoms with van der Waals surface area (Å²) in [5, 5.41) is 7.51. The summed E-state index contributed by atoms with van der Waals surface area (Å²) in [5.74, 6) is 0. The number of benzene rings is 9. The lowest BCUT2D eigenvalue weighted by Gasteiger charge is -2.30. The van der Waals surface area contributed by atoms with E-state index in [9.17, 15) is 0 Å². The predicted molar refractivity (Wildman–Crippen MR) is 227 cm³/mol. The van der Waals surface area contributed by atoms with Crippen LogP contribution in [0, 0.1) is 6.92 Å². The number of aryl methyl sites for hydroxylation is 1. The second kappa shape index (κ2) is 12.1. The van der Waals surface area contributed by atoms with Gasteiger partial charge in [-0.3, -0.25) is 0 Å². The normalized spacial score (nSPS) is 13.0. The molecule has 0 spiro atoms. The van der Waals surface area contributed by atoms with Gasteiger partial charge in [0.15, 0.2) is 0 Å². The summed E-state index contributed by atoms with van der Waals surface area (Å²) in [7, 11) is 0. The molecule has 0 unspecified atom stereocenters. The van der Waals surface area contributed by atoms with Crippen molar-refractivity contribution in [3.8, 4) is 33.4 Å². The molecule has 1 nitrogen and oxygen atoms in total. The first-order valence-electron chi connectivity index (χ1n) is 18.6. The summed E-state index contributed by atoms with van der Waals surface area (Å²) in [6.45, 7) is 6.88. The van der Waals surface area contributed by atoms with Crippen LogP contribution >= 0.6 is 0 Å². The smallest absolute Gasteiger partial charge is 0.0546 e. The van der Waals surface area contributed by atoms with Crippen LogP contribution in [0.5, 0.6) is 0 Å². The van der Waals surface area contributed by atoms with Crippen molar-refractivity contribution in [3.63, 3.8) is 0 Å². The lowest BCUT2D eigenvalue weighted by atomic mass is 9.82. The fourth-order valence-electron chi connectivity index (χ4n) is 8.64. The molecule has 0 N–H and O–H groups in total. The molecule has 0 fully saturated rings. The average Bonchev–Trinajstić information content (AvgIpc) is 3.41. The molecule has 1 aliphatic rings. The van der Waals surface area contributed by atoms with Crippen molar-refractivity contribution < 1.29 is 0 Å². The van der Waals surface area contributed by atoms with Gasteiger partial charge in [-0.2, -0.15) is 0 Å². The van der Waals surface area contributed by atoms with Gasteiger partial charge < -0.3 is 4.90 Å². The van der Waals surface area contributed by atoms with Crippen molar-refractivity contribution >= 4 is 49.4 Å². The average molecular weight is 678 g/mol. The second-order valence-corrected chi connectivity index (χ2v) is 15.1.